The summed E-state index contributed by atoms with van der Waals surface area (Å²) in [6, 6.07) is 5.16. The van der Waals surface area contributed by atoms with Gasteiger partial charge in [-0.15, -0.1) is 10.2 Å². The number of hydrogen-bond acceptors (Lipinski definition) is 4. The predicted molar refractivity (Wildman–Crippen MR) is 76.5 cm³/mol. The Morgan fingerprint density at radius 1 is 1.32 bits per heavy atom. The van der Waals surface area contributed by atoms with E-state index in [0.717, 1.165) is 13.0 Å². The smallest absolute Gasteiger partial charge is 0.249 e. The van der Waals surface area contributed by atoms with Gasteiger partial charge in [-0.05, 0) is 38.1 Å². The van der Waals surface area contributed by atoms with Crippen LogP contribution in [-0.4, -0.2) is 16.7 Å². The Morgan fingerprint density at radius 2 is 2.11 bits per heavy atom. The summed E-state index contributed by atoms with van der Waals surface area (Å²) in [4.78, 5) is 0. The summed E-state index contributed by atoms with van der Waals surface area (Å²) in [5.74, 6) is 0.923. The number of halogens is 2. The third-order valence-corrected chi connectivity index (χ3v) is 3.24. The van der Waals surface area contributed by atoms with Crippen LogP contribution in [-0.2, 0) is 0 Å². The summed E-state index contributed by atoms with van der Waals surface area (Å²) in [5.41, 5.74) is 0.649. The molecule has 2 rings (SSSR count). The van der Waals surface area contributed by atoms with Crippen molar-refractivity contribution in [1.29, 1.82) is 0 Å². The average Bonchev–Trinajstić information content (AvgIpc) is 2.88. The van der Waals surface area contributed by atoms with E-state index < -0.39 is 0 Å². The lowest BCUT2D eigenvalue weighted by Crippen LogP contribution is -2.19. The molecule has 1 N–H and O–H groups in total. The fraction of sp³-hybridized carbons (Fsp3) is 0.385. The summed E-state index contributed by atoms with van der Waals surface area (Å²) >= 11 is 12.0. The first-order valence-electron chi connectivity index (χ1n) is 6.14. The molecule has 19 heavy (non-hydrogen) atoms. The topological polar surface area (TPSA) is 51.0 Å². The van der Waals surface area contributed by atoms with Crippen LogP contribution < -0.4 is 5.32 Å². The molecule has 0 fully saturated rings. The van der Waals surface area contributed by atoms with E-state index in [4.69, 9.17) is 27.6 Å². The largest absolute Gasteiger partial charge is 0.419 e. The van der Waals surface area contributed by atoms with E-state index in [1.807, 2.05) is 6.92 Å². The van der Waals surface area contributed by atoms with Crippen molar-refractivity contribution in [3.63, 3.8) is 0 Å². The Balaban J connectivity index is 2.23. The molecule has 102 valence electrons. The molecule has 1 aromatic carbocycles. The second-order valence-corrected chi connectivity index (χ2v) is 5.09. The van der Waals surface area contributed by atoms with Crippen molar-refractivity contribution < 1.29 is 4.42 Å². The van der Waals surface area contributed by atoms with Crippen LogP contribution in [0.15, 0.2) is 22.6 Å². The third kappa shape index (κ3) is 3.47. The third-order valence-electron chi connectivity index (χ3n) is 2.67. The van der Waals surface area contributed by atoms with E-state index in [1.54, 1.807) is 18.2 Å². The van der Waals surface area contributed by atoms with Gasteiger partial charge in [0.05, 0.1) is 16.6 Å². The monoisotopic (exact) mass is 299 g/mol. The van der Waals surface area contributed by atoms with E-state index in [0.29, 0.717) is 27.4 Å². The normalized spacial score (nSPS) is 12.6. The lowest BCUT2D eigenvalue weighted by molar-refractivity contribution is 0.423. The Labute approximate surface area is 122 Å². The van der Waals surface area contributed by atoms with Gasteiger partial charge in [-0.2, -0.15) is 0 Å². The number of benzene rings is 1. The highest BCUT2D eigenvalue weighted by molar-refractivity contribution is 6.35. The van der Waals surface area contributed by atoms with Gasteiger partial charge in [-0.3, -0.25) is 0 Å². The van der Waals surface area contributed by atoms with Crippen LogP contribution in [0.1, 0.15) is 32.2 Å². The van der Waals surface area contributed by atoms with E-state index in [9.17, 15) is 0 Å². The molecule has 1 unspecified atom stereocenters. The summed E-state index contributed by atoms with van der Waals surface area (Å²) in [5, 5.41) is 12.5. The van der Waals surface area contributed by atoms with Crippen LogP contribution >= 0.6 is 23.2 Å². The Morgan fingerprint density at radius 3 is 2.84 bits per heavy atom. The zero-order valence-corrected chi connectivity index (χ0v) is 12.3. The van der Waals surface area contributed by atoms with Crippen molar-refractivity contribution >= 4 is 23.2 Å². The molecule has 0 amide bonds. The lowest BCUT2D eigenvalue weighted by atomic mass is 10.2. The molecule has 0 aliphatic carbocycles. The molecule has 0 bridgehead atoms. The molecule has 0 saturated heterocycles. The van der Waals surface area contributed by atoms with Gasteiger partial charge in [0, 0.05) is 5.02 Å². The molecular weight excluding hydrogens is 285 g/mol. The van der Waals surface area contributed by atoms with Crippen molar-refractivity contribution in [2.45, 2.75) is 26.3 Å². The van der Waals surface area contributed by atoms with Gasteiger partial charge in [-0.1, -0.05) is 30.1 Å². The summed E-state index contributed by atoms with van der Waals surface area (Å²) in [6.45, 7) is 4.98. The molecule has 0 radical (unpaired) electrons. The van der Waals surface area contributed by atoms with E-state index in [2.05, 4.69) is 22.4 Å². The first-order valence-corrected chi connectivity index (χ1v) is 6.89. The van der Waals surface area contributed by atoms with Gasteiger partial charge >= 0.3 is 0 Å². The molecule has 4 nitrogen and oxygen atoms in total. The Hall–Kier alpha value is -1.10. The second-order valence-electron chi connectivity index (χ2n) is 4.25. The molecule has 2 aromatic rings. The van der Waals surface area contributed by atoms with E-state index >= 15 is 0 Å². The maximum absolute atomic E-state index is 6.10. The fourth-order valence-electron chi connectivity index (χ4n) is 1.63. The van der Waals surface area contributed by atoms with E-state index in [-0.39, 0.29) is 6.04 Å². The zero-order valence-electron chi connectivity index (χ0n) is 10.8. The molecule has 1 atom stereocenters. The highest BCUT2D eigenvalue weighted by Gasteiger charge is 2.16. The van der Waals surface area contributed by atoms with Gasteiger partial charge in [0.25, 0.3) is 0 Å². The molecule has 1 aromatic heterocycles. The number of rotatable bonds is 5. The minimum atomic E-state index is 0.0131. The van der Waals surface area contributed by atoms with Crippen molar-refractivity contribution in [1.82, 2.24) is 15.5 Å². The number of nitrogens with one attached hydrogen (secondary N) is 1. The SMILES string of the molecule is CCCNC(C)c1nnc(-c2cc(Cl)ccc2Cl)o1. The number of aromatic nitrogens is 2. The minimum absolute atomic E-state index is 0.0131. The quantitative estimate of drug-likeness (QED) is 0.903. The van der Waals surface area contributed by atoms with Crippen LogP contribution in [0.4, 0.5) is 0 Å². The zero-order chi connectivity index (χ0) is 13.8. The first-order chi connectivity index (χ1) is 9.11. The summed E-state index contributed by atoms with van der Waals surface area (Å²) < 4.78 is 5.64. The van der Waals surface area contributed by atoms with Crippen molar-refractivity contribution in [2.24, 2.45) is 0 Å². The van der Waals surface area contributed by atoms with E-state index in [1.165, 1.54) is 0 Å². The summed E-state index contributed by atoms with van der Waals surface area (Å²) in [7, 11) is 0. The van der Waals surface area contributed by atoms with Crippen molar-refractivity contribution in [3.05, 3.63) is 34.1 Å². The highest BCUT2D eigenvalue weighted by atomic mass is 35.5. The molecular formula is C13H15Cl2N3O. The average molecular weight is 300 g/mol. The lowest BCUT2D eigenvalue weighted by Gasteiger charge is -2.07. The molecule has 0 aliphatic heterocycles. The molecule has 0 spiro atoms. The maximum atomic E-state index is 6.10. The van der Waals surface area contributed by atoms with Crippen LogP contribution in [0.25, 0.3) is 11.5 Å². The minimum Gasteiger partial charge on any atom is -0.419 e. The number of hydrogen-bond donors (Lipinski definition) is 1. The fourth-order valence-corrected chi connectivity index (χ4v) is 2.00. The van der Waals surface area contributed by atoms with Gasteiger partial charge < -0.3 is 9.73 Å². The molecule has 6 heteroatoms. The Bertz CT molecular complexity index is 557. The predicted octanol–water partition coefficient (Wildman–Crippen LogP) is 4.10. The van der Waals surface area contributed by atoms with Gasteiger partial charge in [-0.25, -0.2) is 0 Å². The van der Waals surface area contributed by atoms with Gasteiger partial charge in [0.2, 0.25) is 11.8 Å². The van der Waals surface area contributed by atoms with Gasteiger partial charge in [0.15, 0.2) is 0 Å². The molecule has 0 aliphatic rings. The van der Waals surface area contributed by atoms with Crippen LogP contribution in [0.3, 0.4) is 0 Å². The van der Waals surface area contributed by atoms with Crippen LogP contribution in [0.2, 0.25) is 10.0 Å². The van der Waals surface area contributed by atoms with Gasteiger partial charge in [0.1, 0.15) is 0 Å². The van der Waals surface area contributed by atoms with Crippen LogP contribution in [0.5, 0.6) is 0 Å². The number of nitrogens with zero attached hydrogens (tertiary/aromatic N) is 2. The maximum Gasteiger partial charge on any atom is 0.249 e. The summed E-state index contributed by atoms with van der Waals surface area (Å²) in [6.07, 6.45) is 1.05. The second kappa shape index (κ2) is 6.37. The molecule has 0 saturated carbocycles. The van der Waals surface area contributed by atoms with Crippen molar-refractivity contribution in [3.8, 4) is 11.5 Å². The highest BCUT2D eigenvalue weighted by Crippen LogP contribution is 2.30. The standard InChI is InChI=1S/C13H15Cl2N3O/c1-3-6-16-8(2)12-17-18-13(19-12)10-7-9(14)4-5-11(10)15/h4-5,7-8,16H,3,6H2,1-2H3. The van der Waals surface area contributed by atoms with Crippen molar-refractivity contribution in [2.75, 3.05) is 6.54 Å². The first kappa shape index (κ1) is 14.3. The molecule has 1 heterocycles. The Kier molecular flexibility index (Phi) is 4.80. The van der Waals surface area contributed by atoms with Crippen LogP contribution in [0, 0.1) is 0 Å².